The van der Waals surface area contributed by atoms with Crippen molar-refractivity contribution in [2.75, 3.05) is 44.8 Å². The summed E-state index contributed by atoms with van der Waals surface area (Å²) >= 11 is 0. The summed E-state index contributed by atoms with van der Waals surface area (Å²) in [6.07, 6.45) is 2.85. The molecule has 1 atom stereocenters. The standard InChI is InChI=1S/C18H27N3O5S/c1-2-26-16-7-6-14(20-18(22)15-5-3-4-8-19-15)13-17(16)27(23,24)21-9-11-25-12-10-21/h6-7,13,15,19H,2-5,8-12H2,1H3,(H,20,22). The SMILES string of the molecule is CCOc1ccc(NC(=O)C2CCCCN2)cc1S(=O)(=O)N1CCOCC1. The molecule has 2 saturated heterocycles. The average Bonchev–Trinajstić information content (AvgIpc) is 2.70. The van der Waals surface area contributed by atoms with Crippen molar-refractivity contribution < 1.29 is 22.7 Å². The second-order valence-electron chi connectivity index (χ2n) is 6.60. The van der Waals surface area contributed by atoms with Gasteiger partial charge < -0.3 is 20.1 Å². The normalized spacial score (nSPS) is 21.6. The molecule has 2 aliphatic heterocycles. The first kappa shape index (κ1) is 20.1. The van der Waals surface area contributed by atoms with Gasteiger partial charge in [-0.3, -0.25) is 4.79 Å². The molecule has 2 heterocycles. The average molecular weight is 397 g/mol. The van der Waals surface area contributed by atoms with Crippen LogP contribution in [0.25, 0.3) is 0 Å². The Kier molecular flexibility index (Phi) is 6.69. The van der Waals surface area contributed by atoms with E-state index in [2.05, 4.69) is 10.6 Å². The molecule has 0 spiro atoms. The van der Waals surface area contributed by atoms with Crippen LogP contribution in [0.3, 0.4) is 0 Å². The number of amides is 1. The lowest BCUT2D eigenvalue weighted by atomic mass is 10.0. The number of hydrogen-bond donors (Lipinski definition) is 2. The van der Waals surface area contributed by atoms with Crippen LogP contribution in [0.15, 0.2) is 23.1 Å². The Morgan fingerprint density at radius 3 is 2.78 bits per heavy atom. The summed E-state index contributed by atoms with van der Waals surface area (Å²) in [6.45, 7) is 4.31. The van der Waals surface area contributed by atoms with Gasteiger partial charge in [0.15, 0.2) is 0 Å². The first-order chi connectivity index (χ1) is 13.0. The van der Waals surface area contributed by atoms with Crippen LogP contribution >= 0.6 is 0 Å². The Balaban J connectivity index is 1.84. The van der Waals surface area contributed by atoms with Crippen LogP contribution in [0.5, 0.6) is 5.75 Å². The molecule has 2 fully saturated rings. The van der Waals surface area contributed by atoms with Crippen LogP contribution in [0.2, 0.25) is 0 Å². The van der Waals surface area contributed by atoms with E-state index in [-0.39, 0.29) is 22.6 Å². The predicted molar refractivity (Wildman–Crippen MR) is 101 cm³/mol. The van der Waals surface area contributed by atoms with Crippen molar-refractivity contribution in [1.82, 2.24) is 9.62 Å². The van der Waals surface area contributed by atoms with Crippen molar-refractivity contribution in [3.8, 4) is 5.75 Å². The fourth-order valence-electron chi connectivity index (χ4n) is 3.29. The van der Waals surface area contributed by atoms with E-state index in [1.54, 1.807) is 19.1 Å². The highest BCUT2D eigenvalue weighted by Crippen LogP contribution is 2.30. The van der Waals surface area contributed by atoms with Gasteiger partial charge in [-0.25, -0.2) is 8.42 Å². The van der Waals surface area contributed by atoms with Crippen molar-refractivity contribution in [2.24, 2.45) is 0 Å². The number of piperidine rings is 1. The summed E-state index contributed by atoms with van der Waals surface area (Å²) < 4.78 is 38.3. The molecule has 0 saturated carbocycles. The monoisotopic (exact) mass is 397 g/mol. The summed E-state index contributed by atoms with van der Waals surface area (Å²) in [4.78, 5) is 12.5. The molecule has 1 aromatic carbocycles. The van der Waals surface area contributed by atoms with Gasteiger partial charge in [-0.2, -0.15) is 4.31 Å². The minimum Gasteiger partial charge on any atom is -0.492 e. The van der Waals surface area contributed by atoms with E-state index < -0.39 is 10.0 Å². The summed E-state index contributed by atoms with van der Waals surface area (Å²) in [5.74, 6) is 0.145. The van der Waals surface area contributed by atoms with E-state index >= 15 is 0 Å². The summed E-state index contributed by atoms with van der Waals surface area (Å²) in [7, 11) is -3.74. The minimum absolute atomic E-state index is 0.0700. The Hall–Kier alpha value is -1.68. The van der Waals surface area contributed by atoms with Crippen LogP contribution < -0.4 is 15.4 Å². The second kappa shape index (κ2) is 9.01. The molecule has 9 heteroatoms. The smallest absolute Gasteiger partial charge is 0.246 e. The van der Waals surface area contributed by atoms with Gasteiger partial charge in [0.05, 0.1) is 25.9 Å². The molecule has 8 nitrogen and oxygen atoms in total. The van der Waals surface area contributed by atoms with Gasteiger partial charge in [0, 0.05) is 18.8 Å². The van der Waals surface area contributed by atoms with Gasteiger partial charge in [0.1, 0.15) is 10.6 Å². The van der Waals surface area contributed by atoms with E-state index in [0.29, 0.717) is 38.6 Å². The first-order valence-electron chi connectivity index (χ1n) is 9.41. The molecule has 1 unspecified atom stereocenters. The van der Waals surface area contributed by atoms with Gasteiger partial charge in [0.2, 0.25) is 15.9 Å². The minimum atomic E-state index is -3.74. The fourth-order valence-corrected chi connectivity index (χ4v) is 4.86. The Bertz CT molecular complexity index is 756. The molecule has 1 aromatic rings. The maximum absolute atomic E-state index is 13.1. The number of ether oxygens (including phenoxy) is 2. The maximum atomic E-state index is 13.1. The number of carbonyl (C=O) groups excluding carboxylic acids is 1. The maximum Gasteiger partial charge on any atom is 0.246 e. The zero-order valence-electron chi connectivity index (χ0n) is 15.6. The first-order valence-corrected chi connectivity index (χ1v) is 10.9. The molecule has 27 heavy (non-hydrogen) atoms. The lowest BCUT2D eigenvalue weighted by Crippen LogP contribution is -2.43. The largest absolute Gasteiger partial charge is 0.492 e. The highest BCUT2D eigenvalue weighted by molar-refractivity contribution is 7.89. The highest BCUT2D eigenvalue weighted by Gasteiger charge is 2.30. The molecular formula is C18H27N3O5S. The molecule has 0 aliphatic carbocycles. The third-order valence-electron chi connectivity index (χ3n) is 4.73. The summed E-state index contributed by atoms with van der Waals surface area (Å²) in [5, 5.41) is 6.02. The van der Waals surface area contributed by atoms with Crippen molar-refractivity contribution in [3.63, 3.8) is 0 Å². The van der Waals surface area contributed by atoms with Gasteiger partial charge in [-0.05, 0) is 44.5 Å². The molecular weight excluding hydrogens is 370 g/mol. The Morgan fingerprint density at radius 1 is 1.33 bits per heavy atom. The van der Waals surface area contributed by atoms with Crippen LogP contribution in [0.4, 0.5) is 5.69 Å². The van der Waals surface area contributed by atoms with Crippen LogP contribution in [0.1, 0.15) is 26.2 Å². The van der Waals surface area contributed by atoms with E-state index in [0.717, 1.165) is 25.8 Å². The third-order valence-corrected chi connectivity index (χ3v) is 6.65. The molecule has 3 rings (SSSR count). The van der Waals surface area contributed by atoms with E-state index in [1.165, 1.54) is 10.4 Å². The molecule has 2 aliphatic rings. The third kappa shape index (κ3) is 4.78. The van der Waals surface area contributed by atoms with Crippen LogP contribution in [-0.2, 0) is 19.6 Å². The number of sulfonamides is 1. The number of carbonyl (C=O) groups is 1. The zero-order valence-corrected chi connectivity index (χ0v) is 16.4. The van der Waals surface area contributed by atoms with E-state index in [1.807, 2.05) is 0 Å². The lowest BCUT2D eigenvalue weighted by Gasteiger charge is -2.27. The van der Waals surface area contributed by atoms with Crippen molar-refractivity contribution >= 4 is 21.6 Å². The number of morpholine rings is 1. The molecule has 0 aromatic heterocycles. The quantitative estimate of drug-likeness (QED) is 0.748. The number of nitrogens with one attached hydrogen (secondary N) is 2. The number of benzene rings is 1. The molecule has 150 valence electrons. The molecule has 2 N–H and O–H groups in total. The highest BCUT2D eigenvalue weighted by atomic mass is 32.2. The topological polar surface area (TPSA) is 97.0 Å². The van der Waals surface area contributed by atoms with Crippen LogP contribution in [-0.4, -0.2) is 64.1 Å². The van der Waals surface area contributed by atoms with Gasteiger partial charge in [-0.1, -0.05) is 6.42 Å². The lowest BCUT2D eigenvalue weighted by molar-refractivity contribution is -0.118. The number of rotatable bonds is 6. The van der Waals surface area contributed by atoms with Gasteiger partial charge in [-0.15, -0.1) is 0 Å². The zero-order chi connectivity index (χ0) is 19.3. The molecule has 0 radical (unpaired) electrons. The number of hydrogen-bond acceptors (Lipinski definition) is 6. The summed E-state index contributed by atoms with van der Waals surface area (Å²) in [5.41, 5.74) is 0.447. The molecule has 0 bridgehead atoms. The number of nitrogens with zero attached hydrogens (tertiary/aromatic N) is 1. The Labute approximate surface area is 160 Å². The van der Waals surface area contributed by atoms with Gasteiger partial charge in [0.25, 0.3) is 0 Å². The van der Waals surface area contributed by atoms with Crippen molar-refractivity contribution in [3.05, 3.63) is 18.2 Å². The fraction of sp³-hybridized carbons (Fsp3) is 0.611. The van der Waals surface area contributed by atoms with Crippen molar-refractivity contribution in [2.45, 2.75) is 37.1 Å². The van der Waals surface area contributed by atoms with E-state index in [4.69, 9.17) is 9.47 Å². The van der Waals surface area contributed by atoms with Crippen LogP contribution in [0, 0.1) is 0 Å². The molecule has 1 amide bonds. The van der Waals surface area contributed by atoms with Crippen molar-refractivity contribution in [1.29, 1.82) is 0 Å². The second-order valence-corrected chi connectivity index (χ2v) is 8.51. The summed E-state index contributed by atoms with van der Waals surface area (Å²) in [6, 6.07) is 4.51. The Morgan fingerprint density at radius 2 is 2.11 bits per heavy atom. The van der Waals surface area contributed by atoms with E-state index in [9.17, 15) is 13.2 Å². The number of anilines is 1. The predicted octanol–water partition coefficient (Wildman–Crippen LogP) is 1.19. The van der Waals surface area contributed by atoms with Gasteiger partial charge >= 0.3 is 0 Å².